The molecule has 0 radical (unpaired) electrons. The average Bonchev–Trinajstić information content (AvgIpc) is 2.96. The zero-order chi connectivity index (χ0) is 16.4. The number of carbonyl (C=O) groups is 1. The predicted molar refractivity (Wildman–Crippen MR) is 88.8 cm³/mol. The largest absolute Gasteiger partial charge is 0.316 e. The van der Waals surface area contributed by atoms with Crippen LogP contribution in [0, 0.1) is 5.92 Å². The first-order valence-corrected chi connectivity index (χ1v) is 9.59. The molecule has 0 bridgehead atoms. The third kappa shape index (κ3) is 3.57. The van der Waals surface area contributed by atoms with Gasteiger partial charge in [-0.2, -0.15) is 0 Å². The van der Waals surface area contributed by atoms with Gasteiger partial charge in [0.15, 0.2) is 0 Å². The van der Waals surface area contributed by atoms with Gasteiger partial charge in [0.25, 0.3) is 0 Å². The number of hydrogen-bond donors (Lipinski definition) is 2. The van der Waals surface area contributed by atoms with Crippen LogP contribution in [-0.4, -0.2) is 40.0 Å². The second-order valence-corrected chi connectivity index (χ2v) is 8.05. The molecule has 0 aliphatic carbocycles. The van der Waals surface area contributed by atoms with E-state index in [-0.39, 0.29) is 22.8 Å². The van der Waals surface area contributed by atoms with E-state index < -0.39 is 10.0 Å². The highest BCUT2D eigenvalue weighted by atomic mass is 32.2. The highest BCUT2D eigenvalue weighted by Gasteiger charge is 2.27. The molecule has 1 aromatic rings. The topological polar surface area (TPSA) is 78.5 Å². The molecule has 7 heteroatoms. The molecule has 2 heterocycles. The van der Waals surface area contributed by atoms with Crippen LogP contribution in [0.2, 0.25) is 0 Å². The van der Waals surface area contributed by atoms with E-state index >= 15 is 0 Å². The van der Waals surface area contributed by atoms with Crippen molar-refractivity contribution in [2.45, 2.75) is 37.1 Å². The van der Waals surface area contributed by atoms with Crippen LogP contribution in [0.25, 0.3) is 0 Å². The quantitative estimate of drug-likeness (QED) is 0.862. The Bertz CT molecular complexity index is 672. The Kier molecular flexibility index (Phi) is 4.70. The molecule has 2 N–H and O–H groups in total. The van der Waals surface area contributed by atoms with Crippen molar-refractivity contribution in [3.05, 3.63) is 24.3 Å². The lowest BCUT2D eigenvalue weighted by Crippen LogP contribution is -2.48. The first kappa shape index (κ1) is 16.4. The van der Waals surface area contributed by atoms with Crippen LogP contribution >= 0.6 is 0 Å². The number of carbonyl (C=O) groups excluding carboxylic acids is 1. The fourth-order valence-electron chi connectivity index (χ4n) is 3.18. The third-order valence-corrected chi connectivity index (χ3v) is 6.13. The molecule has 2 fully saturated rings. The van der Waals surface area contributed by atoms with Crippen LogP contribution in [0.15, 0.2) is 29.2 Å². The highest BCUT2D eigenvalue weighted by Crippen LogP contribution is 2.23. The van der Waals surface area contributed by atoms with Gasteiger partial charge in [-0.3, -0.25) is 4.79 Å². The van der Waals surface area contributed by atoms with Crippen molar-refractivity contribution in [3.8, 4) is 0 Å². The zero-order valence-electron chi connectivity index (χ0n) is 13.3. The van der Waals surface area contributed by atoms with Gasteiger partial charge in [0.1, 0.15) is 0 Å². The van der Waals surface area contributed by atoms with Crippen LogP contribution in [0.1, 0.15) is 26.2 Å². The monoisotopic (exact) mass is 337 g/mol. The van der Waals surface area contributed by atoms with Crippen molar-refractivity contribution in [3.63, 3.8) is 0 Å². The van der Waals surface area contributed by atoms with Crippen LogP contribution in [0.4, 0.5) is 5.69 Å². The van der Waals surface area contributed by atoms with Crippen molar-refractivity contribution in [2.75, 3.05) is 24.5 Å². The van der Waals surface area contributed by atoms with Gasteiger partial charge in [-0.05, 0) is 56.1 Å². The second kappa shape index (κ2) is 6.59. The van der Waals surface area contributed by atoms with Gasteiger partial charge in [0, 0.05) is 24.7 Å². The summed E-state index contributed by atoms with van der Waals surface area (Å²) in [5.41, 5.74) is 0.765. The highest BCUT2D eigenvalue weighted by molar-refractivity contribution is 7.89. The van der Waals surface area contributed by atoms with Crippen LogP contribution in [0.5, 0.6) is 0 Å². The first-order valence-electron chi connectivity index (χ1n) is 8.11. The fraction of sp³-hybridized carbons (Fsp3) is 0.562. The Morgan fingerprint density at radius 2 is 2.00 bits per heavy atom. The summed E-state index contributed by atoms with van der Waals surface area (Å²) in [6.45, 7) is 4.40. The molecule has 0 saturated carbocycles. The molecule has 1 aromatic carbocycles. The molecule has 2 saturated heterocycles. The van der Waals surface area contributed by atoms with Crippen LogP contribution < -0.4 is 14.9 Å². The number of sulfonamides is 1. The Labute approximate surface area is 137 Å². The summed E-state index contributed by atoms with van der Waals surface area (Å²) >= 11 is 0. The molecule has 23 heavy (non-hydrogen) atoms. The number of piperidine rings is 1. The van der Waals surface area contributed by atoms with Gasteiger partial charge < -0.3 is 10.2 Å². The van der Waals surface area contributed by atoms with E-state index in [0.717, 1.165) is 31.6 Å². The van der Waals surface area contributed by atoms with E-state index in [2.05, 4.69) is 10.0 Å². The van der Waals surface area contributed by atoms with Crippen LogP contribution in [-0.2, 0) is 14.8 Å². The first-order chi connectivity index (χ1) is 11.0. The molecule has 3 rings (SSSR count). The lowest BCUT2D eigenvalue weighted by atomic mass is 9.97. The van der Waals surface area contributed by atoms with E-state index in [1.54, 1.807) is 29.2 Å². The van der Waals surface area contributed by atoms with Gasteiger partial charge in [-0.1, -0.05) is 6.92 Å². The maximum Gasteiger partial charge on any atom is 0.240 e. The molecule has 1 amide bonds. The minimum absolute atomic E-state index is 0.0407. The molecule has 0 aromatic heterocycles. The molecule has 2 unspecified atom stereocenters. The van der Waals surface area contributed by atoms with Gasteiger partial charge in [0.05, 0.1) is 4.90 Å². The third-order valence-electron chi connectivity index (χ3n) is 4.62. The van der Waals surface area contributed by atoms with Gasteiger partial charge in [-0.15, -0.1) is 0 Å². The molecule has 126 valence electrons. The molecule has 2 aliphatic heterocycles. The van der Waals surface area contributed by atoms with E-state index in [4.69, 9.17) is 0 Å². The summed E-state index contributed by atoms with van der Waals surface area (Å²) in [6, 6.07) is 6.54. The maximum atomic E-state index is 12.5. The average molecular weight is 337 g/mol. The second-order valence-electron chi connectivity index (χ2n) is 6.34. The number of hydrogen-bond acceptors (Lipinski definition) is 4. The number of rotatable bonds is 4. The standard InChI is InChI=1S/C16H23N3O3S/c1-12-11-17-9-8-15(12)18-23(21,22)14-6-4-13(5-7-14)19-10-2-3-16(19)20/h4-7,12,15,17-18H,2-3,8-11H2,1H3. The minimum atomic E-state index is -3.53. The zero-order valence-corrected chi connectivity index (χ0v) is 14.1. The lowest BCUT2D eigenvalue weighted by Gasteiger charge is -2.30. The molecule has 6 nitrogen and oxygen atoms in total. The Morgan fingerprint density at radius 1 is 1.26 bits per heavy atom. The SMILES string of the molecule is CC1CNCCC1NS(=O)(=O)c1ccc(N2CCCC2=O)cc1. The minimum Gasteiger partial charge on any atom is -0.316 e. The summed E-state index contributed by atoms with van der Waals surface area (Å²) in [7, 11) is -3.53. The normalized spacial score (nSPS) is 25.8. The van der Waals surface area contributed by atoms with E-state index in [1.165, 1.54) is 0 Å². The predicted octanol–water partition coefficient (Wildman–Crippen LogP) is 1.09. The summed E-state index contributed by atoms with van der Waals surface area (Å²) in [6.07, 6.45) is 2.21. The smallest absolute Gasteiger partial charge is 0.240 e. The number of nitrogens with one attached hydrogen (secondary N) is 2. The molecular formula is C16H23N3O3S. The number of anilines is 1. The Morgan fingerprint density at radius 3 is 2.61 bits per heavy atom. The summed E-state index contributed by atoms with van der Waals surface area (Å²) in [5, 5.41) is 3.26. The van der Waals surface area contributed by atoms with E-state index in [9.17, 15) is 13.2 Å². The lowest BCUT2D eigenvalue weighted by molar-refractivity contribution is -0.117. The summed E-state index contributed by atoms with van der Waals surface area (Å²) < 4.78 is 27.9. The van der Waals surface area contributed by atoms with Crippen molar-refractivity contribution in [1.29, 1.82) is 0 Å². The fourth-order valence-corrected chi connectivity index (χ4v) is 4.56. The molecule has 2 aliphatic rings. The van der Waals surface area contributed by atoms with Gasteiger partial charge >= 0.3 is 0 Å². The van der Waals surface area contributed by atoms with Crippen molar-refractivity contribution in [2.24, 2.45) is 5.92 Å². The van der Waals surface area contributed by atoms with Crippen molar-refractivity contribution >= 4 is 21.6 Å². The van der Waals surface area contributed by atoms with E-state index in [1.807, 2.05) is 6.92 Å². The molecular weight excluding hydrogens is 314 g/mol. The van der Waals surface area contributed by atoms with Gasteiger partial charge in [0.2, 0.25) is 15.9 Å². The number of amides is 1. The number of benzene rings is 1. The number of nitrogens with zero attached hydrogens (tertiary/aromatic N) is 1. The summed E-state index contributed by atoms with van der Waals surface area (Å²) in [5.74, 6) is 0.363. The molecule has 0 spiro atoms. The van der Waals surface area contributed by atoms with Crippen LogP contribution in [0.3, 0.4) is 0 Å². The van der Waals surface area contributed by atoms with Gasteiger partial charge in [-0.25, -0.2) is 13.1 Å². The van der Waals surface area contributed by atoms with E-state index in [0.29, 0.717) is 13.0 Å². The molecule has 2 atom stereocenters. The Balaban J connectivity index is 1.73. The summed E-state index contributed by atoms with van der Waals surface area (Å²) in [4.78, 5) is 13.7. The van der Waals surface area contributed by atoms with Crippen molar-refractivity contribution in [1.82, 2.24) is 10.0 Å². The van der Waals surface area contributed by atoms with Crippen molar-refractivity contribution < 1.29 is 13.2 Å². The Hall–Kier alpha value is -1.44. The maximum absolute atomic E-state index is 12.5.